The van der Waals surface area contributed by atoms with E-state index in [1.807, 2.05) is 0 Å². The number of hydrogen-bond acceptors (Lipinski definition) is 4. The summed E-state index contributed by atoms with van der Waals surface area (Å²) >= 11 is 0. The van der Waals surface area contributed by atoms with Crippen LogP contribution < -0.4 is 10.6 Å². The van der Waals surface area contributed by atoms with Crippen LogP contribution in [0.4, 0.5) is 20.4 Å². The summed E-state index contributed by atoms with van der Waals surface area (Å²) in [5, 5.41) is 5.58. The minimum atomic E-state index is -0.675. The van der Waals surface area contributed by atoms with E-state index in [9.17, 15) is 8.78 Å². The van der Waals surface area contributed by atoms with Gasteiger partial charge in [0.05, 0.1) is 0 Å². The summed E-state index contributed by atoms with van der Waals surface area (Å²) in [6.07, 6.45) is 3.35. The summed E-state index contributed by atoms with van der Waals surface area (Å²) in [4.78, 5) is 6.23. The molecule has 6 heteroatoms. The predicted molar refractivity (Wildman–Crippen MR) is 77.0 cm³/mol. The lowest BCUT2D eigenvalue weighted by atomic mass is 9.94. The molecular formula is C14H22F2N4. The highest BCUT2D eigenvalue weighted by Gasteiger charge is 2.16. The van der Waals surface area contributed by atoms with Gasteiger partial charge < -0.3 is 15.5 Å². The third-order valence-corrected chi connectivity index (χ3v) is 3.85. The number of halogens is 2. The van der Waals surface area contributed by atoms with Gasteiger partial charge in [-0.2, -0.15) is 0 Å². The number of nitrogens with zero attached hydrogens (tertiary/aromatic N) is 2. The molecular weight excluding hydrogens is 262 g/mol. The molecule has 4 nitrogen and oxygen atoms in total. The molecule has 1 aromatic heterocycles. The normalized spacial score (nSPS) is 17.2. The van der Waals surface area contributed by atoms with Crippen molar-refractivity contribution in [2.45, 2.75) is 19.3 Å². The number of piperidine rings is 1. The number of rotatable bonds is 5. The third kappa shape index (κ3) is 3.79. The number of likely N-dealkylation sites (tertiary alicyclic amines) is 1. The molecule has 1 fully saturated rings. The van der Waals surface area contributed by atoms with E-state index in [0.29, 0.717) is 12.5 Å². The molecule has 1 saturated heterocycles. The van der Waals surface area contributed by atoms with E-state index >= 15 is 0 Å². The maximum absolute atomic E-state index is 13.6. The van der Waals surface area contributed by atoms with E-state index in [1.165, 1.54) is 12.8 Å². The molecule has 2 heterocycles. The maximum atomic E-state index is 13.6. The first-order valence-electron chi connectivity index (χ1n) is 7.06. The Balaban J connectivity index is 1.85. The molecule has 0 radical (unpaired) electrons. The Hall–Kier alpha value is -1.43. The molecule has 1 aliphatic rings. The average molecular weight is 284 g/mol. The van der Waals surface area contributed by atoms with Gasteiger partial charge in [0.25, 0.3) is 0 Å². The van der Waals surface area contributed by atoms with Gasteiger partial charge in [0.2, 0.25) is 0 Å². The number of hydrogen-bond donors (Lipinski definition) is 2. The fourth-order valence-corrected chi connectivity index (χ4v) is 2.51. The van der Waals surface area contributed by atoms with Crippen LogP contribution in [-0.2, 0) is 0 Å². The van der Waals surface area contributed by atoms with Crippen molar-refractivity contribution in [1.82, 2.24) is 9.88 Å². The molecule has 2 rings (SSSR count). The lowest BCUT2D eigenvalue weighted by Crippen LogP contribution is -2.30. The Morgan fingerprint density at radius 1 is 1.25 bits per heavy atom. The summed E-state index contributed by atoms with van der Waals surface area (Å²) in [6.45, 7) is 2.91. The van der Waals surface area contributed by atoms with Gasteiger partial charge in [0.15, 0.2) is 23.3 Å². The van der Waals surface area contributed by atoms with Crippen molar-refractivity contribution >= 4 is 11.6 Å². The first kappa shape index (κ1) is 15.0. The molecule has 0 saturated carbocycles. The zero-order valence-corrected chi connectivity index (χ0v) is 12.0. The Morgan fingerprint density at radius 3 is 2.55 bits per heavy atom. The zero-order valence-electron chi connectivity index (χ0n) is 12.0. The fraction of sp³-hybridized carbons (Fsp3) is 0.643. The molecule has 0 amide bonds. The van der Waals surface area contributed by atoms with E-state index < -0.39 is 11.6 Å². The minimum Gasteiger partial charge on any atom is -0.371 e. The predicted octanol–water partition coefficient (Wildman–Crippen LogP) is 2.55. The quantitative estimate of drug-likeness (QED) is 0.872. The van der Waals surface area contributed by atoms with Crippen LogP contribution in [0, 0.1) is 17.6 Å². The lowest BCUT2D eigenvalue weighted by molar-refractivity contribution is 0.215. The third-order valence-electron chi connectivity index (χ3n) is 3.85. The van der Waals surface area contributed by atoms with E-state index in [4.69, 9.17) is 0 Å². The zero-order chi connectivity index (χ0) is 14.5. The molecule has 0 aromatic carbocycles. The highest BCUT2D eigenvalue weighted by atomic mass is 19.1. The second kappa shape index (κ2) is 6.83. The van der Waals surface area contributed by atoms with Crippen molar-refractivity contribution in [2.24, 2.45) is 5.92 Å². The molecule has 20 heavy (non-hydrogen) atoms. The first-order chi connectivity index (χ1) is 9.60. The number of nitrogens with one attached hydrogen (secondary N) is 2. The van der Waals surface area contributed by atoms with E-state index in [1.54, 1.807) is 7.05 Å². The molecule has 0 atom stereocenters. The van der Waals surface area contributed by atoms with Crippen molar-refractivity contribution in [3.8, 4) is 0 Å². The van der Waals surface area contributed by atoms with Crippen LogP contribution >= 0.6 is 0 Å². The van der Waals surface area contributed by atoms with Gasteiger partial charge in [-0.1, -0.05) is 0 Å². The average Bonchev–Trinajstić information content (AvgIpc) is 2.43. The van der Waals surface area contributed by atoms with E-state index in [0.717, 1.165) is 25.6 Å². The molecule has 1 aromatic rings. The summed E-state index contributed by atoms with van der Waals surface area (Å²) in [5.41, 5.74) is 0. The highest BCUT2D eigenvalue weighted by Crippen LogP contribution is 2.21. The Morgan fingerprint density at radius 2 is 1.90 bits per heavy atom. The second-order valence-corrected chi connectivity index (χ2v) is 5.36. The minimum absolute atomic E-state index is 0.0631. The second-order valence-electron chi connectivity index (χ2n) is 5.36. The SMILES string of the molecule is CNc1nc(NCCC2CCN(C)CC2)c(F)cc1F. The summed E-state index contributed by atoms with van der Waals surface area (Å²) < 4.78 is 26.9. The van der Waals surface area contributed by atoms with Crippen LogP contribution in [0.2, 0.25) is 0 Å². The van der Waals surface area contributed by atoms with Gasteiger partial charge in [-0.15, -0.1) is 0 Å². The summed E-state index contributed by atoms with van der Waals surface area (Å²) in [6, 6.07) is 0.858. The van der Waals surface area contributed by atoms with Gasteiger partial charge in [0.1, 0.15) is 0 Å². The van der Waals surface area contributed by atoms with Gasteiger partial charge in [-0.25, -0.2) is 13.8 Å². The van der Waals surface area contributed by atoms with Gasteiger partial charge >= 0.3 is 0 Å². The maximum Gasteiger partial charge on any atom is 0.168 e. The van der Waals surface area contributed by atoms with Gasteiger partial charge in [-0.3, -0.25) is 0 Å². The molecule has 0 bridgehead atoms. The monoisotopic (exact) mass is 284 g/mol. The molecule has 0 spiro atoms. The Bertz CT molecular complexity index is 445. The van der Waals surface area contributed by atoms with Crippen LogP contribution in [0.15, 0.2) is 6.07 Å². The van der Waals surface area contributed by atoms with Gasteiger partial charge in [0, 0.05) is 19.7 Å². The van der Waals surface area contributed by atoms with Crippen LogP contribution in [-0.4, -0.2) is 43.6 Å². The van der Waals surface area contributed by atoms with Crippen molar-refractivity contribution in [3.63, 3.8) is 0 Å². The van der Waals surface area contributed by atoms with Crippen molar-refractivity contribution in [3.05, 3.63) is 17.7 Å². The topological polar surface area (TPSA) is 40.2 Å². The molecule has 0 aliphatic carbocycles. The van der Waals surface area contributed by atoms with Crippen molar-refractivity contribution in [1.29, 1.82) is 0 Å². The van der Waals surface area contributed by atoms with E-state index in [-0.39, 0.29) is 11.6 Å². The van der Waals surface area contributed by atoms with Crippen molar-refractivity contribution in [2.75, 3.05) is 44.4 Å². The molecule has 0 unspecified atom stereocenters. The number of aromatic nitrogens is 1. The standard InChI is InChI=1S/C14H22F2N4/c1-17-13-11(15)9-12(16)14(19-13)18-6-3-10-4-7-20(2)8-5-10/h9-10H,3-8H2,1-2H3,(H2,17,18,19). The van der Waals surface area contributed by atoms with E-state index in [2.05, 4.69) is 27.6 Å². The highest BCUT2D eigenvalue weighted by molar-refractivity contribution is 5.47. The van der Waals surface area contributed by atoms with Crippen LogP contribution in [0.1, 0.15) is 19.3 Å². The first-order valence-corrected chi connectivity index (χ1v) is 7.06. The fourth-order valence-electron chi connectivity index (χ4n) is 2.51. The van der Waals surface area contributed by atoms with Gasteiger partial charge in [-0.05, 0) is 45.3 Å². The van der Waals surface area contributed by atoms with Crippen LogP contribution in [0.5, 0.6) is 0 Å². The van der Waals surface area contributed by atoms with Crippen LogP contribution in [0.25, 0.3) is 0 Å². The Labute approximate surface area is 118 Å². The largest absolute Gasteiger partial charge is 0.371 e. The number of anilines is 2. The number of pyridine rings is 1. The summed E-state index contributed by atoms with van der Waals surface area (Å²) in [5.74, 6) is -0.474. The Kier molecular flexibility index (Phi) is 5.11. The van der Waals surface area contributed by atoms with Crippen LogP contribution in [0.3, 0.4) is 0 Å². The van der Waals surface area contributed by atoms with Crippen molar-refractivity contribution < 1.29 is 8.78 Å². The molecule has 2 N–H and O–H groups in total. The summed E-state index contributed by atoms with van der Waals surface area (Å²) in [7, 11) is 3.69. The molecule has 112 valence electrons. The smallest absolute Gasteiger partial charge is 0.168 e. The lowest BCUT2D eigenvalue weighted by Gasteiger charge is -2.28. The molecule has 1 aliphatic heterocycles.